The van der Waals surface area contributed by atoms with Crippen LogP contribution in [0.5, 0.6) is 0 Å². The number of carbonyl (C=O) groups is 2. The second kappa shape index (κ2) is 10.0. The number of nitro groups is 1. The van der Waals surface area contributed by atoms with Crippen molar-refractivity contribution in [3.05, 3.63) is 81.9 Å². The van der Waals surface area contributed by atoms with Gasteiger partial charge in [-0.15, -0.1) is 0 Å². The van der Waals surface area contributed by atoms with Gasteiger partial charge in [-0.3, -0.25) is 14.9 Å². The quantitative estimate of drug-likeness (QED) is 0.345. The fourth-order valence-electron chi connectivity index (χ4n) is 4.54. The van der Waals surface area contributed by atoms with Crippen molar-refractivity contribution in [3.8, 4) is 0 Å². The number of benzene rings is 2. The van der Waals surface area contributed by atoms with Crippen LogP contribution in [0.2, 0.25) is 0 Å². The van der Waals surface area contributed by atoms with E-state index in [2.05, 4.69) is 5.32 Å². The smallest absolute Gasteiger partial charge is 0.408 e. The average molecular weight is 455 g/mol. The molecule has 1 atom stereocenters. The van der Waals surface area contributed by atoms with Crippen LogP contribution in [0.1, 0.15) is 44.2 Å². The highest BCUT2D eigenvalue weighted by atomic mass is 16.6. The summed E-state index contributed by atoms with van der Waals surface area (Å²) in [5, 5.41) is 15.0. The topological polar surface area (TPSA) is 108 Å². The molecule has 1 unspecified atom stereocenters. The minimum atomic E-state index is -1.21. The number of hydrogen-bond acceptors (Lipinski definition) is 6. The summed E-state index contributed by atoms with van der Waals surface area (Å²) < 4.78 is 10.2. The van der Waals surface area contributed by atoms with Gasteiger partial charge in [0.1, 0.15) is 12.1 Å². The highest BCUT2D eigenvalue weighted by Crippen LogP contribution is 2.45. The third kappa shape index (κ3) is 5.69. The van der Waals surface area contributed by atoms with E-state index in [1.807, 2.05) is 74.5 Å². The molecule has 2 aromatic carbocycles. The summed E-state index contributed by atoms with van der Waals surface area (Å²) >= 11 is 0. The van der Waals surface area contributed by atoms with Gasteiger partial charge in [0.25, 0.3) is 0 Å². The van der Waals surface area contributed by atoms with Gasteiger partial charge in [0.2, 0.25) is 6.04 Å². The molecular formula is C25H30N2O6. The van der Waals surface area contributed by atoms with Gasteiger partial charge in [0, 0.05) is 11.3 Å². The summed E-state index contributed by atoms with van der Waals surface area (Å²) in [6.45, 7) is 3.93. The van der Waals surface area contributed by atoms with E-state index < -0.39 is 35.0 Å². The molecule has 1 amide bonds. The second-order valence-electron chi connectivity index (χ2n) is 9.23. The Hall–Kier alpha value is -3.42. The van der Waals surface area contributed by atoms with Gasteiger partial charge in [-0.25, -0.2) is 4.79 Å². The van der Waals surface area contributed by atoms with E-state index in [1.165, 1.54) is 7.11 Å². The van der Waals surface area contributed by atoms with Crippen LogP contribution < -0.4 is 5.32 Å². The first kappa shape index (κ1) is 24.2. The molecule has 8 heteroatoms. The first-order chi connectivity index (χ1) is 15.7. The van der Waals surface area contributed by atoms with Crippen molar-refractivity contribution in [2.24, 2.45) is 5.92 Å². The molecule has 8 nitrogen and oxygen atoms in total. The minimum Gasteiger partial charge on any atom is -0.469 e. The zero-order valence-electron chi connectivity index (χ0n) is 19.2. The van der Waals surface area contributed by atoms with Crippen molar-refractivity contribution in [3.63, 3.8) is 0 Å². The van der Waals surface area contributed by atoms with Gasteiger partial charge in [-0.2, -0.15) is 0 Å². The molecule has 0 heterocycles. The van der Waals surface area contributed by atoms with Crippen LogP contribution in [-0.4, -0.2) is 35.7 Å². The van der Waals surface area contributed by atoms with Crippen molar-refractivity contribution in [1.82, 2.24) is 5.32 Å². The summed E-state index contributed by atoms with van der Waals surface area (Å²) in [7, 11) is 1.29. The van der Waals surface area contributed by atoms with Gasteiger partial charge in [0.05, 0.1) is 13.0 Å². The number of ether oxygens (including phenoxy) is 2. The Labute approximate surface area is 193 Å². The largest absolute Gasteiger partial charge is 0.469 e. The van der Waals surface area contributed by atoms with Crippen LogP contribution in [-0.2, 0) is 26.3 Å². The Bertz CT molecular complexity index is 971. The maximum absolute atomic E-state index is 12.7. The number of nitrogens with one attached hydrogen (secondary N) is 1. The number of carbonyl (C=O) groups excluding carboxylic acids is 2. The predicted octanol–water partition coefficient (Wildman–Crippen LogP) is 4.25. The van der Waals surface area contributed by atoms with Crippen LogP contribution in [0.15, 0.2) is 60.7 Å². The fraction of sp³-hybridized carbons (Fsp3) is 0.440. The minimum absolute atomic E-state index is 0.0435. The standard InChI is InChI=1S/C25H30N2O6/c1-24(2,20-12-8-5-9-13-20)16-21(27(30)31)25(14-19(15-25)22(28)32-3)26-23(29)33-17-18-10-6-4-7-11-18/h4-13,19,21H,14-17H2,1-3H3,(H,26,29). The molecule has 176 valence electrons. The van der Waals surface area contributed by atoms with E-state index in [0.717, 1.165) is 11.1 Å². The summed E-state index contributed by atoms with van der Waals surface area (Å²) in [6.07, 6.45) is -0.323. The molecule has 33 heavy (non-hydrogen) atoms. The van der Waals surface area contributed by atoms with Crippen LogP contribution in [0.4, 0.5) is 4.79 Å². The molecule has 2 aromatic rings. The van der Waals surface area contributed by atoms with Crippen molar-refractivity contribution in [2.75, 3.05) is 7.11 Å². The lowest BCUT2D eigenvalue weighted by atomic mass is 9.61. The maximum atomic E-state index is 12.7. The number of methoxy groups -OCH3 is 1. The maximum Gasteiger partial charge on any atom is 0.408 e. The molecule has 1 aliphatic carbocycles. The van der Waals surface area contributed by atoms with Crippen LogP contribution >= 0.6 is 0 Å². The number of amides is 1. The second-order valence-corrected chi connectivity index (χ2v) is 9.23. The van der Waals surface area contributed by atoms with E-state index in [-0.39, 0.29) is 30.8 Å². The molecule has 1 N–H and O–H groups in total. The van der Waals surface area contributed by atoms with Crippen molar-refractivity contribution in [1.29, 1.82) is 0 Å². The van der Waals surface area contributed by atoms with Crippen LogP contribution in [0, 0.1) is 16.0 Å². The number of alkyl carbamates (subject to hydrolysis) is 1. The highest BCUT2D eigenvalue weighted by molar-refractivity contribution is 5.75. The number of esters is 1. The van der Waals surface area contributed by atoms with Crippen LogP contribution in [0.25, 0.3) is 0 Å². The highest BCUT2D eigenvalue weighted by Gasteiger charge is 2.60. The summed E-state index contributed by atoms with van der Waals surface area (Å²) in [5.74, 6) is -0.943. The number of hydrogen-bond donors (Lipinski definition) is 1. The summed E-state index contributed by atoms with van der Waals surface area (Å²) in [5.41, 5.74) is 0.0291. The van der Waals surface area contributed by atoms with Crippen LogP contribution in [0.3, 0.4) is 0 Å². The van der Waals surface area contributed by atoms with Crippen molar-refractivity contribution >= 4 is 12.1 Å². The molecule has 0 saturated heterocycles. The van der Waals surface area contributed by atoms with E-state index >= 15 is 0 Å². The summed E-state index contributed by atoms with van der Waals surface area (Å²) in [4.78, 5) is 36.6. The van der Waals surface area contributed by atoms with Gasteiger partial charge >= 0.3 is 12.1 Å². The lowest BCUT2D eigenvalue weighted by Crippen LogP contribution is -2.68. The molecule has 0 bridgehead atoms. The van der Waals surface area contributed by atoms with E-state index in [9.17, 15) is 19.7 Å². The third-order valence-electron chi connectivity index (χ3n) is 6.47. The number of rotatable bonds is 9. The predicted molar refractivity (Wildman–Crippen MR) is 122 cm³/mol. The Balaban J connectivity index is 1.80. The van der Waals surface area contributed by atoms with Gasteiger partial charge in [0.15, 0.2) is 0 Å². The monoisotopic (exact) mass is 454 g/mol. The Morgan fingerprint density at radius 2 is 1.70 bits per heavy atom. The first-order valence-corrected chi connectivity index (χ1v) is 10.9. The molecule has 0 spiro atoms. The molecule has 1 aliphatic rings. The summed E-state index contributed by atoms with van der Waals surface area (Å²) in [6, 6.07) is 17.6. The van der Waals surface area contributed by atoms with Gasteiger partial charge in [-0.05, 0) is 29.4 Å². The van der Waals surface area contributed by atoms with E-state index in [1.54, 1.807) is 0 Å². The molecule has 0 radical (unpaired) electrons. The zero-order chi connectivity index (χ0) is 24.1. The Morgan fingerprint density at radius 3 is 2.24 bits per heavy atom. The first-order valence-electron chi connectivity index (χ1n) is 10.9. The lowest BCUT2D eigenvalue weighted by molar-refractivity contribution is -0.541. The van der Waals surface area contributed by atoms with E-state index in [0.29, 0.717) is 0 Å². The van der Waals surface area contributed by atoms with Gasteiger partial charge in [-0.1, -0.05) is 74.5 Å². The fourth-order valence-corrected chi connectivity index (χ4v) is 4.54. The Kier molecular flexibility index (Phi) is 7.36. The van der Waals surface area contributed by atoms with Crippen molar-refractivity contribution in [2.45, 2.75) is 56.7 Å². The normalized spacial score (nSPS) is 20.8. The van der Waals surface area contributed by atoms with Gasteiger partial charge < -0.3 is 14.8 Å². The average Bonchev–Trinajstić information content (AvgIpc) is 2.79. The molecular weight excluding hydrogens is 424 g/mol. The molecule has 3 rings (SSSR count). The molecule has 0 aliphatic heterocycles. The SMILES string of the molecule is COC(=O)C1CC(NC(=O)OCc2ccccc2)(C(CC(C)(C)c2ccccc2)[N+](=O)[O-])C1. The molecule has 1 saturated carbocycles. The molecule has 1 fully saturated rings. The van der Waals surface area contributed by atoms with Crippen molar-refractivity contribution < 1.29 is 24.0 Å². The zero-order valence-corrected chi connectivity index (χ0v) is 19.2. The molecule has 0 aromatic heterocycles. The third-order valence-corrected chi connectivity index (χ3v) is 6.47. The lowest BCUT2D eigenvalue weighted by Gasteiger charge is -2.48. The van der Waals surface area contributed by atoms with E-state index in [4.69, 9.17) is 9.47 Å². The Morgan fingerprint density at radius 1 is 1.12 bits per heavy atom. The number of nitrogens with zero attached hydrogens (tertiary/aromatic N) is 1.